The Kier molecular flexibility index (Phi) is 18.4. The molecule has 3 fully saturated rings. The summed E-state index contributed by atoms with van der Waals surface area (Å²) < 4.78 is 26.1. The number of methoxy groups -OCH3 is 2. The Morgan fingerprint density at radius 3 is 1.39 bits per heavy atom. The van der Waals surface area contributed by atoms with Gasteiger partial charge in [-0.05, 0) is 56.7 Å². The molecule has 378 valence electrons. The second kappa shape index (κ2) is 24.6. The van der Waals surface area contributed by atoms with Crippen LogP contribution >= 0.6 is 34.0 Å². The van der Waals surface area contributed by atoms with Crippen LogP contribution in [0.25, 0.3) is 30.8 Å². The normalized spacial score (nSPS) is 14.5. The van der Waals surface area contributed by atoms with Gasteiger partial charge < -0.3 is 43.8 Å². The van der Waals surface area contributed by atoms with Gasteiger partial charge in [0.1, 0.15) is 26.7 Å². The lowest BCUT2D eigenvalue weighted by atomic mass is 10.2. The zero-order valence-corrected chi connectivity index (χ0v) is 41.9. The molecule has 9 rings (SSSR count). The Labute approximate surface area is 416 Å². The van der Waals surface area contributed by atoms with Crippen molar-refractivity contribution in [3.63, 3.8) is 0 Å². The minimum atomic E-state index is -1.33. The van der Waals surface area contributed by atoms with Crippen LogP contribution in [0.1, 0.15) is 108 Å². The molecule has 0 atom stereocenters. The number of rotatable bonds is 9. The summed E-state index contributed by atoms with van der Waals surface area (Å²) in [6.07, 6.45) is 14.7. The molecular weight excluding hydrogens is 985 g/mol. The number of isocyanates is 1. The van der Waals surface area contributed by atoms with Crippen molar-refractivity contribution in [2.75, 3.05) is 50.5 Å². The number of ether oxygens (including phenoxy) is 2. The highest BCUT2D eigenvalue weighted by molar-refractivity contribution is 7.23. The molecule has 21 nitrogen and oxygen atoms in total. The summed E-state index contributed by atoms with van der Waals surface area (Å²) in [6, 6.07) is 9.43. The Hall–Kier alpha value is -7.14. The summed E-state index contributed by atoms with van der Waals surface area (Å²) in [7, 11) is 7.48. The van der Waals surface area contributed by atoms with E-state index in [0.29, 0.717) is 36.6 Å². The van der Waals surface area contributed by atoms with Gasteiger partial charge in [0.2, 0.25) is 6.08 Å². The highest BCUT2D eigenvalue weighted by Crippen LogP contribution is 2.34. The molecule has 0 spiro atoms. The SMILES string of the molecule is CN(C(=O)NC1CCCC1)c1cc2oc(=O)c(C(=O)O)cc2s1.CNc1cc2oc(=O)c(C(=O)OC)cc2s1.COC(=O)c1cc2sc(N(C)C(=O)NC3CCCC3)cc2oc1=O.O=C=NC1CCCC1. The van der Waals surface area contributed by atoms with Gasteiger partial charge in [-0.25, -0.2) is 48.1 Å². The van der Waals surface area contributed by atoms with Crippen LogP contribution in [0.5, 0.6) is 0 Å². The first-order valence-electron chi connectivity index (χ1n) is 22.5. The lowest BCUT2D eigenvalue weighted by Gasteiger charge is -2.19. The van der Waals surface area contributed by atoms with E-state index in [0.717, 1.165) is 73.9 Å². The van der Waals surface area contributed by atoms with Gasteiger partial charge >= 0.3 is 46.8 Å². The fourth-order valence-electron chi connectivity index (χ4n) is 7.81. The minimum Gasteiger partial charge on any atom is -0.477 e. The number of amides is 4. The number of hydrogen-bond acceptors (Lipinski definition) is 19. The number of aromatic carboxylic acids is 1. The molecule has 24 heteroatoms. The number of thiophene rings is 3. The molecule has 4 N–H and O–H groups in total. The van der Waals surface area contributed by atoms with Gasteiger partial charge in [-0.15, -0.1) is 34.0 Å². The first-order valence-corrected chi connectivity index (χ1v) is 24.9. The number of aliphatic imine (C=N–C) groups is 1. The van der Waals surface area contributed by atoms with E-state index in [4.69, 9.17) is 18.4 Å². The Bertz CT molecular complexity index is 3130. The maximum Gasteiger partial charge on any atom is 0.351 e. The second-order valence-corrected chi connectivity index (χ2v) is 19.7. The molecule has 0 aromatic carbocycles. The fourth-order valence-corrected chi connectivity index (χ4v) is 10.7. The zero-order chi connectivity index (χ0) is 51.4. The summed E-state index contributed by atoms with van der Waals surface area (Å²) in [6.45, 7) is 0. The predicted octanol–water partition coefficient (Wildman–Crippen LogP) is 8.32. The number of carbonyl (C=O) groups excluding carboxylic acids is 5. The fraction of sp³-hybridized carbons (Fsp3) is 0.426. The molecule has 0 bridgehead atoms. The van der Waals surface area contributed by atoms with Crippen LogP contribution < -0.4 is 42.6 Å². The Balaban J connectivity index is 0.000000164. The molecule has 0 radical (unpaired) electrons. The molecule has 3 aliphatic carbocycles. The molecule has 0 saturated heterocycles. The van der Waals surface area contributed by atoms with Crippen molar-refractivity contribution in [3.8, 4) is 0 Å². The van der Waals surface area contributed by atoms with Crippen molar-refractivity contribution in [3.05, 3.63) is 84.3 Å². The maximum absolute atomic E-state index is 12.3. The number of urea groups is 2. The zero-order valence-electron chi connectivity index (χ0n) is 39.4. The summed E-state index contributed by atoms with van der Waals surface area (Å²) in [5.74, 6) is -2.76. The molecule has 71 heavy (non-hydrogen) atoms. The standard InChI is InChI=1S/C16H18N2O5S.C15H16N2O5S.C10H9NO4S.C6H9NO/c1-18(16(21)17-9-5-3-4-6-9)13-8-11-12(24-13)7-10(14(19)22-2)15(20)23-11;1-17(15(21)16-8-4-2-3-5-8)12-7-10-11(23-12)6-9(13(18)19)14(20)22-10;1-11-8-4-6-7(16-8)3-5(9(12)14-2)10(13)15-6;8-5-7-6-3-1-2-4-6/h7-9H,3-6H2,1-2H3,(H,17,21);6-8H,2-5H2,1H3,(H,16,21)(H,18,19);3-4,11H,1-2H3;6H,1-4H2. The van der Waals surface area contributed by atoms with E-state index in [9.17, 15) is 43.2 Å². The molecular formula is C47H52N6O15S3. The third-order valence-corrected chi connectivity index (χ3v) is 15.1. The average Bonchev–Trinajstić information content (AvgIpc) is 4.23. The van der Waals surface area contributed by atoms with Crippen LogP contribution in [0.3, 0.4) is 0 Å². The first kappa shape index (κ1) is 53.2. The molecule has 3 aliphatic rings. The highest BCUT2D eigenvalue weighted by atomic mass is 32.1. The number of carbonyl (C=O) groups is 5. The molecule has 6 aromatic rings. The monoisotopic (exact) mass is 1040 g/mol. The van der Waals surface area contributed by atoms with Crippen LogP contribution in [0.2, 0.25) is 0 Å². The largest absolute Gasteiger partial charge is 0.477 e. The van der Waals surface area contributed by atoms with E-state index in [1.54, 1.807) is 45.4 Å². The Morgan fingerprint density at radius 1 is 0.620 bits per heavy atom. The van der Waals surface area contributed by atoms with E-state index in [1.807, 2.05) is 0 Å². The second-order valence-electron chi connectivity index (χ2n) is 16.5. The molecule has 6 heterocycles. The summed E-state index contributed by atoms with van der Waals surface area (Å²) in [4.78, 5) is 109. The number of nitrogens with one attached hydrogen (secondary N) is 3. The quantitative estimate of drug-likeness (QED) is 0.0601. The number of carboxylic acids is 1. The van der Waals surface area contributed by atoms with E-state index in [1.165, 1.54) is 89.1 Å². The third-order valence-electron chi connectivity index (χ3n) is 11.7. The van der Waals surface area contributed by atoms with Gasteiger partial charge in [0.15, 0.2) is 16.7 Å². The molecule has 3 saturated carbocycles. The van der Waals surface area contributed by atoms with Gasteiger partial charge in [-0.2, -0.15) is 0 Å². The van der Waals surface area contributed by atoms with Crippen molar-refractivity contribution in [1.82, 2.24) is 10.6 Å². The Morgan fingerprint density at radius 2 is 1.00 bits per heavy atom. The smallest absolute Gasteiger partial charge is 0.351 e. The summed E-state index contributed by atoms with van der Waals surface area (Å²) in [5.41, 5.74) is -1.90. The van der Waals surface area contributed by atoms with E-state index in [2.05, 4.69) is 30.4 Å². The van der Waals surface area contributed by atoms with Gasteiger partial charge in [-0.1, -0.05) is 38.5 Å². The molecule has 6 aromatic heterocycles. The number of esters is 2. The van der Waals surface area contributed by atoms with Crippen molar-refractivity contribution >= 4 is 116 Å². The van der Waals surface area contributed by atoms with E-state index < -0.39 is 40.3 Å². The number of carboxylic acid groups (broad SMARTS) is 1. The number of nitrogens with zero attached hydrogens (tertiary/aromatic N) is 3. The van der Waals surface area contributed by atoms with Crippen molar-refractivity contribution in [1.29, 1.82) is 0 Å². The van der Waals surface area contributed by atoms with Gasteiger partial charge in [0.25, 0.3) is 0 Å². The van der Waals surface area contributed by atoms with Crippen LogP contribution in [-0.4, -0.2) is 94.6 Å². The maximum atomic E-state index is 12.3. The summed E-state index contributed by atoms with van der Waals surface area (Å²) in [5, 5.41) is 19.9. The predicted molar refractivity (Wildman–Crippen MR) is 269 cm³/mol. The highest BCUT2D eigenvalue weighted by Gasteiger charge is 2.24. The number of anilines is 3. The van der Waals surface area contributed by atoms with Crippen LogP contribution in [0, 0.1) is 0 Å². The molecule has 0 aliphatic heterocycles. The van der Waals surface area contributed by atoms with Gasteiger partial charge in [0, 0.05) is 51.4 Å². The van der Waals surface area contributed by atoms with Crippen molar-refractivity contribution in [2.24, 2.45) is 4.99 Å². The third kappa shape index (κ3) is 13.6. The lowest BCUT2D eigenvalue weighted by molar-refractivity contribution is 0.0587. The average molecular weight is 1040 g/mol. The van der Waals surface area contributed by atoms with Crippen molar-refractivity contribution < 1.29 is 56.6 Å². The van der Waals surface area contributed by atoms with Gasteiger partial charge in [-0.3, -0.25) is 9.80 Å². The molecule has 4 amide bonds. The summed E-state index contributed by atoms with van der Waals surface area (Å²) >= 11 is 3.86. The number of fused-ring (bicyclic) bond motifs is 3. The van der Waals surface area contributed by atoms with E-state index in [-0.39, 0.29) is 40.9 Å². The van der Waals surface area contributed by atoms with E-state index >= 15 is 0 Å². The van der Waals surface area contributed by atoms with Crippen LogP contribution in [0.15, 0.2) is 69.0 Å². The van der Waals surface area contributed by atoms with Crippen LogP contribution in [0.4, 0.5) is 24.6 Å². The van der Waals surface area contributed by atoms with Crippen molar-refractivity contribution in [2.45, 2.75) is 95.2 Å². The topological polar surface area (TPSA) is 287 Å². The lowest BCUT2D eigenvalue weighted by Crippen LogP contribution is -2.41. The molecule has 0 unspecified atom stereocenters. The number of hydrogen-bond donors (Lipinski definition) is 4. The minimum absolute atomic E-state index is 0.0838. The van der Waals surface area contributed by atoms with Gasteiger partial charge in [0.05, 0.1) is 39.4 Å². The van der Waals surface area contributed by atoms with Crippen LogP contribution in [-0.2, 0) is 14.3 Å². The first-order chi connectivity index (χ1) is 34.0.